The molecular weight excluding hydrogens is 370 g/mol. The first-order chi connectivity index (χ1) is 13.8. The van der Waals surface area contributed by atoms with Crippen LogP contribution in [0.3, 0.4) is 0 Å². The molecule has 3 aliphatic rings. The van der Waals surface area contributed by atoms with Crippen LogP contribution >= 0.6 is 0 Å². The first kappa shape index (κ1) is 20.1. The van der Waals surface area contributed by atoms with Crippen molar-refractivity contribution >= 4 is 11.8 Å². The summed E-state index contributed by atoms with van der Waals surface area (Å²) in [5.41, 5.74) is -0.0806. The van der Waals surface area contributed by atoms with Crippen LogP contribution in [0.25, 0.3) is 0 Å². The molecule has 29 heavy (non-hydrogen) atoms. The summed E-state index contributed by atoms with van der Waals surface area (Å²) in [7, 11) is 0. The van der Waals surface area contributed by atoms with Crippen molar-refractivity contribution in [1.29, 1.82) is 0 Å². The van der Waals surface area contributed by atoms with E-state index in [0.717, 1.165) is 19.3 Å². The van der Waals surface area contributed by atoms with Crippen LogP contribution < -0.4 is 16.2 Å². The maximum atomic E-state index is 12.3. The van der Waals surface area contributed by atoms with Gasteiger partial charge in [0.05, 0.1) is 6.10 Å². The number of carbonyl (C=O) groups excluding carboxylic acids is 2. The second kappa shape index (κ2) is 7.27. The first-order valence-electron chi connectivity index (χ1n) is 10.6. The number of fused-ring (bicyclic) bond motifs is 1. The summed E-state index contributed by atoms with van der Waals surface area (Å²) >= 11 is 0. The highest BCUT2D eigenvalue weighted by atomic mass is 16.5. The number of hydrogen-bond donors (Lipinski definition) is 3. The SMILES string of the molecule is CC(=O)N[C@H]1C(C)(C)[C@@H]2C[C@@H]3[C@@H](CCNC(=O)c4ccc[nH]c4=O)OCCC31C2. The standard InChI is InChI=1S/C22H31N3O4/c1-13(26)25-20-21(2,3)14-11-16-17(29-10-7-22(16,20)12-14)6-9-24-19(28)15-5-4-8-23-18(15)27/h4-5,8,14,16-17,20H,6-7,9-12H2,1-3H3,(H,23,27)(H,24,28)(H,25,26)/t14-,16-,17-,20+,22?/m1/s1. The van der Waals surface area contributed by atoms with Gasteiger partial charge < -0.3 is 20.4 Å². The number of aromatic amines is 1. The molecule has 2 saturated carbocycles. The van der Waals surface area contributed by atoms with Crippen molar-refractivity contribution in [2.75, 3.05) is 13.2 Å². The monoisotopic (exact) mass is 401 g/mol. The van der Waals surface area contributed by atoms with Gasteiger partial charge in [0.15, 0.2) is 0 Å². The van der Waals surface area contributed by atoms with Gasteiger partial charge in [-0.25, -0.2) is 0 Å². The van der Waals surface area contributed by atoms with Gasteiger partial charge in [0.2, 0.25) is 5.91 Å². The van der Waals surface area contributed by atoms with Crippen molar-refractivity contribution in [3.63, 3.8) is 0 Å². The lowest BCUT2D eigenvalue weighted by Crippen LogP contribution is -2.60. The molecule has 1 unspecified atom stereocenters. The molecule has 1 aromatic heterocycles. The number of ether oxygens (including phenoxy) is 1. The van der Waals surface area contributed by atoms with E-state index < -0.39 is 0 Å². The molecule has 2 heterocycles. The fraction of sp³-hybridized carbons (Fsp3) is 0.682. The third-order valence-electron chi connectivity index (χ3n) is 7.75. The molecule has 2 amide bonds. The van der Waals surface area contributed by atoms with E-state index in [-0.39, 0.29) is 45.9 Å². The number of amides is 2. The Hall–Kier alpha value is -2.15. The molecule has 7 nitrogen and oxygen atoms in total. The molecule has 3 N–H and O–H groups in total. The molecule has 158 valence electrons. The van der Waals surface area contributed by atoms with Gasteiger partial charge in [-0.2, -0.15) is 0 Å². The number of rotatable bonds is 5. The van der Waals surface area contributed by atoms with Crippen LogP contribution in [0.4, 0.5) is 0 Å². The number of hydrogen-bond acceptors (Lipinski definition) is 4. The van der Waals surface area contributed by atoms with E-state index in [2.05, 4.69) is 29.5 Å². The quantitative estimate of drug-likeness (QED) is 0.701. The Labute approximate surface area is 171 Å². The summed E-state index contributed by atoms with van der Waals surface area (Å²) in [6, 6.07) is 3.33. The Bertz CT molecular complexity index is 864. The lowest BCUT2D eigenvalue weighted by molar-refractivity contribution is -0.135. The van der Waals surface area contributed by atoms with Gasteiger partial charge in [-0.15, -0.1) is 0 Å². The summed E-state index contributed by atoms with van der Waals surface area (Å²) in [6.45, 7) is 7.32. The molecule has 3 fully saturated rings. The molecule has 1 aromatic rings. The summed E-state index contributed by atoms with van der Waals surface area (Å²) < 4.78 is 6.14. The third-order valence-corrected chi connectivity index (χ3v) is 7.75. The van der Waals surface area contributed by atoms with Crippen molar-refractivity contribution in [3.05, 3.63) is 34.2 Å². The number of carbonyl (C=O) groups is 2. The molecule has 2 bridgehead atoms. The Kier molecular flexibility index (Phi) is 5.05. The number of H-pyrrole nitrogens is 1. The number of aromatic nitrogens is 1. The van der Waals surface area contributed by atoms with Crippen molar-refractivity contribution in [1.82, 2.24) is 15.6 Å². The molecule has 0 radical (unpaired) electrons. The van der Waals surface area contributed by atoms with E-state index in [4.69, 9.17) is 4.74 Å². The first-order valence-corrected chi connectivity index (χ1v) is 10.6. The zero-order valence-corrected chi connectivity index (χ0v) is 17.4. The number of nitrogens with one attached hydrogen (secondary N) is 3. The van der Waals surface area contributed by atoms with Crippen LogP contribution in [0, 0.1) is 22.7 Å². The van der Waals surface area contributed by atoms with Gasteiger partial charge in [0.25, 0.3) is 11.5 Å². The zero-order valence-electron chi connectivity index (χ0n) is 17.4. The van der Waals surface area contributed by atoms with E-state index in [1.165, 1.54) is 12.3 Å². The molecule has 4 rings (SSSR count). The number of pyridine rings is 1. The molecule has 2 aliphatic carbocycles. The predicted octanol–water partition coefficient (Wildman–Crippen LogP) is 1.84. The predicted molar refractivity (Wildman–Crippen MR) is 108 cm³/mol. The van der Waals surface area contributed by atoms with Crippen LogP contribution in [0.15, 0.2) is 23.1 Å². The largest absolute Gasteiger partial charge is 0.378 e. The normalized spacial score (nSPS) is 34.4. The highest BCUT2D eigenvalue weighted by molar-refractivity contribution is 5.93. The summed E-state index contributed by atoms with van der Waals surface area (Å²) in [5, 5.41) is 6.13. The van der Waals surface area contributed by atoms with E-state index in [1.54, 1.807) is 13.0 Å². The zero-order chi connectivity index (χ0) is 20.8. The Morgan fingerprint density at radius 2 is 2.14 bits per heavy atom. The van der Waals surface area contributed by atoms with Gasteiger partial charge in [0.1, 0.15) is 5.56 Å². The van der Waals surface area contributed by atoms with Gasteiger partial charge in [0, 0.05) is 32.3 Å². The molecule has 5 atom stereocenters. The van der Waals surface area contributed by atoms with Crippen LogP contribution in [0.5, 0.6) is 0 Å². The van der Waals surface area contributed by atoms with Gasteiger partial charge in [-0.3, -0.25) is 14.4 Å². The van der Waals surface area contributed by atoms with Crippen LogP contribution in [0.1, 0.15) is 56.8 Å². The summed E-state index contributed by atoms with van der Waals surface area (Å²) in [5.74, 6) is 0.642. The maximum absolute atomic E-state index is 12.3. The Morgan fingerprint density at radius 1 is 1.34 bits per heavy atom. The van der Waals surface area contributed by atoms with Crippen molar-refractivity contribution in [3.8, 4) is 0 Å². The summed E-state index contributed by atoms with van der Waals surface area (Å²) in [6.07, 6.45) is 5.52. The Balaban J connectivity index is 1.43. The Morgan fingerprint density at radius 3 is 2.86 bits per heavy atom. The smallest absolute Gasteiger partial charge is 0.260 e. The third kappa shape index (κ3) is 3.29. The highest BCUT2D eigenvalue weighted by Crippen LogP contribution is 2.68. The van der Waals surface area contributed by atoms with Gasteiger partial charge in [-0.05, 0) is 60.5 Å². The molecule has 1 saturated heterocycles. The lowest BCUT2D eigenvalue weighted by Gasteiger charge is -2.53. The minimum absolute atomic E-state index is 0.0344. The lowest BCUT2D eigenvalue weighted by atomic mass is 9.59. The second-order valence-electron chi connectivity index (χ2n) is 9.55. The van der Waals surface area contributed by atoms with Crippen LogP contribution in [-0.2, 0) is 9.53 Å². The second-order valence-corrected chi connectivity index (χ2v) is 9.55. The fourth-order valence-electron chi connectivity index (χ4n) is 6.42. The van der Waals surface area contributed by atoms with E-state index >= 15 is 0 Å². The van der Waals surface area contributed by atoms with Crippen molar-refractivity contribution < 1.29 is 14.3 Å². The molecular formula is C22H31N3O4. The van der Waals surface area contributed by atoms with Crippen molar-refractivity contribution in [2.45, 2.75) is 58.6 Å². The minimum atomic E-state index is -0.383. The fourth-order valence-corrected chi connectivity index (χ4v) is 6.42. The van der Waals surface area contributed by atoms with Gasteiger partial charge >= 0.3 is 0 Å². The average molecular weight is 402 g/mol. The highest BCUT2D eigenvalue weighted by Gasteiger charge is 2.68. The molecule has 1 spiro atoms. The van der Waals surface area contributed by atoms with Crippen molar-refractivity contribution in [2.24, 2.45) is 22.7 Å². The van der Waals surface area contributed by atoms with Crippen LogP contribution in [-0.4, -0.2) is 42.1 Å². The van der Waals surface area contributed by atoms with Gasteiger partial charge in [-0.1, -0.05) is 13.8 Å². The maximum Gasteiger partial charge on any atom is 0.260 e. The minimum Gasteiger partial charge on any atom is -0.378 e. The van der Waals surface area contributed by atoms with Crippen LogP contribution in [0.2, 0.25) is 0 Å². The molecule has 0 aromatic carbocycles. The van der Waals surface area contributed by atoms with E-state index in [1.807, 2.05) is 0 Å². The van der Waals surface area contributed by atoms with E-state index in [9.17, 15) is 14.4 Å². The molecule has 1 aliphatic heterocycles. The summed E-state index contributed by atoms with van der Waals surface area (Å²) in [4.78, 5) is 38.5. The topological polar surface area (TPSA) is 100 Å². The average Bonchev–Trinajstić information content (AvgIpc) is 3.15. The van der Waals surface area contributed by atoms with E-state index in [0.29, 0.717) is 31.4 Å². The molecule has 7 heteroatoms.